The van der Waals surface area contributed by atoms with Crippen LogP contribution in [0.2, 0.25) is 0 Å². The van der Waals surface area contributed by atoms with E-state index < -0.39 is 0 Å². The van der Waals surface area contributed by atoms with Crippen LogP contribution in [-0.2, 0) is 13.1 Å². The summed E-state index contributed by atoms with van der Waals surface area (Å²) in [4.78, 5) is 0. The highest BCUT2D eigenvalue weighted by Gasteiger charge is 2.12. The van der Waals surface area contributed by atoms with Crippen molar-refractivity contribution in [3.8, 4) is 11.5 Å². The van der Waals surface area contributed by atoms with Gasteiger partial charge in [-0.05, 0) is 39.0 Å². The molecule has 120 valence electrons. The number of hydrogen-bond donors (Lipinski definition) is 3. The molecule has 0 fully saturated rings. The Hall–Kier alpha value is -2.21. The van der Waals surface area contributed by atoms with Gasteiger partial charge in [0.15, 0.2) is 0 Å². The zero-order valence-electron chi connectivity index (χ0n) is 13.3. The molecule has 0 aliphatic rings. The van der Waals surface area contributed by atoms with Crippen molar-refractivity contribution in [3.63, 3.8) is 0 Å². The number of aryl methyl sites for hydroxylation is 1. The number of rotatable bonds is 7. The van der Waals surface area contributed by atoms with Crippen molar-refractivity contribution in [2.75, 3.05) is 18.5 Å². The van der Waals surface area contributed by atoms with E-state index in [1.807, 2.05) is 26.8 Å². The van der Waals surface area contributed by atoms with E-state index >= 15 is 0 Å². The summed E-state index contributed by atoms with van der Waals surface area (Å²) in [5.74, 6) is 1.81. The van der Waals surface area contributed by atoms with Crippen LogP contribution in [0.4, 0.5) is 5.82 Å². The average molecular weight is 305 g/mol. The summed E-state index contributed by atoms with van der Waals surface area (Å²) in [6.45, 7) is 7.33. The van der Waals surface area contributed by atoms with E-state index in [0.29, 0.717) is 19.7 Å². The first kappa shape index (κ1) is 16.2. The number of nitrogens with one attached hydrogen (secondary N) is 1. The molecule has 0 amide bonds. The number of phenolic OH excluding ortho intramolecular Hbond substituents is 1. The second-order valence-corrected chi connectivity index (χ2v) is 5.08. The molecule has 0 bridgehead atoms. The highest BCUT2D eigenvalue weighted by atomic mass is 16.5. The van der Waals surface area contributed by atoms with E-state index in [2.05, 4.69) is 10.4 Å². The van der Waals surface area contributed by atoms with E-state index in [4.69, 9.17) is 9.84 Å². The zero-order chi connectivity index (χ0) is 16.1. The molecule has 1 aromatic heterocycles. The van der Waals surface area contributed by atoms with Crippen LogP contribution in [0.15, 0.2) is 18.2 Å². The van der Waals surface area contributed by atoms with Gasteiger partial charge in [0.25, 0.3) is 0 Å². The predicted octanol–water partition coefficient (Wildman–Crippen LogP) is 2.21. The molecule has 2 aromatic rings. The van der Waals surface area contributed by atoms with Gasteiger partial charge in [-0.25, -0.2) is 4.68 Å². The van der Waals surface area contributed by atoms with Gasteiger partial charge >= 0.3 is 0 Å². The number of aliphatic hydroxyl groups excluding tert-OH is 1. The van der Waals surface area contributed by atoms with Crippen molar-refractivity contribution in [2.24, 2.45) is 0 Å². The summed E-state index contributed by atoms with van der Waals surface area (Å²) in [5, 5.41) is 26.8. The van der Waals surface area contributed by atoms with Crippen molar-refractivity contribution in [1.29, 1.82) is 0 Å². The van der Waals surface area contributed by atoms with Crippen molar-refractivity contribution in [2.45, 2.75) is 33.9 Å². The van der Waals surface area contributed by atoms with E-state index in [9.17, 15) is 5.11 Å². The highest BCUT2D eigenvalue weighted by molar-refractivity contribution is 5.49. The maximum atomic E-state index is 9.97. The lowest BCUT2D eigenvalue weighted by molar-refractivity contribution is 0.270. The molecule has 6 nitrogen and oxygen atoms in total. The van der Waals surface area contributed by atoms with Crippen LogP contribution < -0.4 is 10.1 Å². The Morgan fingerprint density at radius 2 is 2.09 bits per heavy atom. The largest absolute Gasteiger partial charge is 0.508 e. The van der Waals surface area contributed by atoms with Gasteiger partial charge in [0.05, 0.1) is 25.5 Å². The average Bonchev–Trinajstić information content (AvgIpc) is 2.75. The SMILES string of the molecule is CCOc1ccc(O)c(CNc2c(C)c(C)nn2CCO)c1. The number of aliphatic hydroxyl groups is 1. The van der Waals surface area contributed by atoms with E-state index in [0.717, 1.165) is 28.4 Å². The molecule has 0 radical (unpaired) electrons. The number of aromatic hydroxyl groups is 1. The lowest BCUT2D eigenvalue weighted by Gasteiger charge is -2.12. The first-order valence-electron chi connectivity index (χ1n) is 7.40. The molecular weight excluding hydrogens is 282 g/mol. The molecule has 2 rings (SSSR count). The molecule has 0 spiro atoms. The minimum Gasteiger partial charge on any atom is -0.508 e. The monoisotopic (exact) mass is 305 g/mol. The Morgan fingerprint density at radius 1 is 1.32 bits per heavy atom. The smallest absolute Gasteiger partial charge is 0.127 e. The first-order chi connectivity index (χ1) is 10.6. The summed E-state index contributed by atoms with van der Waals surface area (Å²) in [6, 6.07) is 5.19. The maximum Gasteiger partial charge on any atom is 0.127 e. The van der Waals surface area contributed by atoms with E-state index in [-0.39, 0.29) is 12.4 Å². The van der Waals surface area contributed by atoms with E-state index in [1.165, 1.54) is 0 Å². The third kappa shape index (κ3) is 3.51. The molecule has 3 N–H and O–H groups in total. The lowest BCUT2D eigenvalue weighted by Crippen LogP contribution is -2.11. The van der Waals surface area contributed by atoms with Gasteiger partial charge < -0.3 is 20.3 Å². The fourth-order valence-corrected chi connectivity index (χ4v) is 2.29. The molecule has 1 heterocycles. The number of nitrogens with zero attached hydrogens (tertiary/aromatic N) is 2. The number of anilines is 1. The Balaban J connectivity index is 2.18. The van der Waals surface area contributed by atoms with Crippen LogP contribution in [0, 0.1) is 13.8 Å². The Morgan fingerprint density at radius 3 is 2.77 bits per heavy atom. The topological polar surface area (TPSA) is 79.5 Å². The summed E-state index contributed by atoms with van der Waals surface area (Å²) in [7, 11) is 0. The third-order valence-electron chi connectivity index (χ3n) is 3.55. The second-order valence-electron chi connectivity index (χ2n) is 5.08. The first-order valence-corrected chi connectivity index (χ1v) is 7.40. The summed E-state index contributed by atoms with van der Waals surface area (Å²) >= 11 is 0. The Kier molecular flexibility index (Phi) is 5.27. The molecule has 0 aliphatic heterocycles. The van der Waals surface area contributed by atoms with Gasteiger partial charge in [-0.2, -0.15) is 5.10 Å². The van der Waals surface area contributed by atoms with Gasteiger partial charge in [0, 0.05) is 17.7 Å². The summed E-state index contributed by atoms with van der Waals surface area (Å²) < 4.78 is 7.20. The second kappa shape index (κ2) is 7.17. The Labute approximate surface area is 130 Å². The fraction of sp³-hybridized carbons (Fsp3) is 0.438. The quantitative estimate of drug-likeness (QED) is 0.731. The van der Waals surface area contributed by atoms with E-state index in [1.54, 1.807) is 16.8 Å². The molecule has 1 aromatic carbocycles. The normalized spacial score (nSPS) is 10.7. The Bertz CT molecular complexity index is 638. The van der Waals surface area contributed by atoms with Crippen LogP contribution in [-0.4, -0.2) is 33.2 Å². The van der Waals surface area contributed by atoms with Gasteiger partial charge in [0.1, 0.15) is 17.3 Å². The van der Waals surface area contributed by atoms with Crippen molar-refractivity contribution >= 4 is 5.82 Å². The zero-order valence-corrected chi connectivity index (χ0v) is 13.3. The third-order valence-corrected chi connectivity index (χ3v) is 3.55. The maximum absolute atomic E-state index is 9.97. The molecule has 6 heteroatoms. The minimum atomic E-state index is 0.0281. The minimum absolute atomic E-state index is 0.0281. The molecule has 0 atom stereocenters. The number of aromatic nitrogens is 2. The van der Waals surface area contributed by atoms with Gasteiger partial charge in [0.2, 0.25) is 0 Å². The predicted molar refractivity (Wildman–Crippen MR) is 85.4 cm³/mol. The highest BCUT2D eigenvalue weighted by Crippen LogP contribution is 2.25. The molecule has 0 saturated carbocycles. The number of phenols is 1. The number of hydrogen-bond acceptors (Lipinski definition) is 5. The van der Waals surface area contributed by atoms with Crippen LogP contribution >= 0.6 is 0 Å². The molecule has 22 heavy (non-hydrogen) atoms. The molecule has 0 aliphatic carbocycles. The van der Waals surface area contributed by atoms with Gasteiger partial charge in [-0.15, -0.1) is 0 Å². The van der Waals surface area contributed by atoms with Crippen molar-refractivity contribution in [3.05, 3.63) is 35.0 Å². The summed E-state index contributed by atoms with van der Waals surface area (Å²) in [5.41, 5.74) is 2.71. The number of benzene rings is 1. The van der Waals surface area contributed by atoms with Gasteiger partial charge in [-0.1, -0.05) is 0 Å². The lowest BCUT2D eigenvalue weighted by atomic mass is 10.2. The standard InChI is InChI=1S/C16H23N3O3/c1-4-22-14-5-6-15(21)13(9-14)10-17-16-11(2)12(3)18-19(16)7-8-20/h5-6,9,17,20-21H,4,7-8,10H2,1-3H3. The van der Waals surface area contributed by atoms with Crippen LogP contribution in [0.3, 0.4) is 0 Å². The van der Waals surface area contributed by atoms with Crippen LogP contribution in [0.1, 0.15) is 23.7 Å². The van der Waals surface area contributed by atoms with Crippen molar-refractivity contribution in [1.82, 2.24) is 9.78 Å². The van der Waals surface area contributed by atoms with Crippen molar-refractivity contribution < 1.29 is 14.9 Å². The fourth-order valence-electron chi connectivity index (χ4n) is 2.29. The number of ether oxygens (including phenoxy) is 1. The summed E-state index contributed by atoms with van der Waals surface area (Å²) in [6.07, 6.45) is 0. The molecule has 0 saturated heterocycles. The molecular formula is C16H23N3O3. The molecule has 0 unspecified atom stereocenters. The van der Waals surface area contributed by atoms with Crippen LogP contribution in [0.25, 0.3) is 0 Å². The van der Waals surface area contributed by atoms with Crippen LogP contribution in [0.5, 0.6) is 11.5 Å². The van der Waals surface area contributed by atoms with Gasteiger partial charge in [-0.3, -0.25) is 0 Å².